The van der Waals surface area contributed by atoms with Crippen molar-refractivity contribution >= 4 is 47.2 Å². The molecule has 0 spiro atoms. The Labute approximate surface area is 117 Å². The normalized spacial score (nSPS) is 9.59. The number of carbonyl (C=O) groups is 1. The molecule has 3 nitrogen and oxygen atoms in total. The van der Waals surface area contributed by atoms with Crippen molar-refractivity contribution in [2.45, 2.75) is 12.8 Å². The number of carbonyl (C=O) groups excluding carboxylic acids is 1. The van der Waals surface area contributed by atoms with Crippen LogP contribution in [0.2, 0.25) is 10.0 Å². The van der Waals surface area contributed by atoms with E-state index in [0.717, 1.165) is 13.0 Å². The summed E-state index contributed by atoms with van der Waals surface area (Å²) < 4.78 is 0. The molecule has 96 valence electrons. The van der Waals surface area contributed by atoms with Crippen LogP contribution < -0.4 is 10.6 Å². The molecule has 1 rings (SSSR count). The molecule has 0 aliphatic carbocycles. The molecule has 0 aliphatic heterocycles. The van der Waals surface area contributed by atoms with Crippen molar-refractivity contribution in [3.8, 4) is 0 Å². The summed E-state index contributed by atoms with van der Waals surface area (Å²) in [6.07, 6.45) is 1.30. The maximum Gasteiger partial charge on any atom is 0.224 e. The van der Waals surface area contributed by atoms with Crippen LogP contribution >= 0.6 is 35.6 Å². The number of nitrogens with one attached hydrogen (secondary N) is 2. The molecule has 0 heterocycles. The fourth-order valence-electron chi connectivity index (χ4n) is 1.22. The van der Waals surface area contributed by atoms with E-state index in [2.05, 4.69) is 10.6 Å². The highest BCUT2D eigenvalue weighted by atomic mass is 35.5. The summed E-state index contributed by atoms with van der Waals surface area (Å²) in [6.45, 7) is 0.828. The van der Waals surface area contributed by atoms with Crippen molar-refractivity contribution in [1.82, 2.24) is 5.32 Å². The molecule has 6 heteroatoms. The molecule has 2 N–H and O–H groups in total. The summed E-state index contributed by atoms with van der Waals surface area (Å²) in [4.78, 5) is 11.5. The predicted molar refractivity (Wildman–Crippen MR) is 75.5 cm³/mol. The topological polar surface area (TPSA) is 41.1 Å². The van der Waals surface area contributed by atoms with Crippen LogP contribution in [-0.2, 0) is 4.79 Å². The third-order valence-corrected chi connectivity index (χ3v) is 2.77. The number of hydrogen-bond acceptors (Lipinski definition) is 2. The van der Waals surface area contributed by atoms with Gasteiger partial charge in [-0.3, -0.25) is 4.79 Å². The quantitative estimate of drug-likeness (QED) is 0.818. The van der Waals surface area contributed by atoms with Crippen molar-refractivity contribution in [2.75, 3.05) is 18.9 Å². The molecule has 0 unspecified atom stereocenters. The number of halogens is 3. The van der Waals surface area contributed by atoms with Gasteiger partial charge in [-0.15, -0.1) is 12.4 Å². The Kier molecular flexibility index (Phi) is 8.35. The van der Waals surface area contributed by atoms with Gasteiger partial charge in [-0.2, -0.15) is 0 Å². The molecule has 17 heavy (non-hydrogen) atoms. The molecule has 0 aromatic heterocycles. The summed E-state index contributed by atoms with van der Waals surface area (Å²) >= 11 is 11.6. The number of anilines is 1. The van der Waals surface area contributed by atoms with Gasteiger partial charge in [0, 0.05) is 12.1 Å². The fourth-order valence-corrected chi connectivity index (χ4v) is 1.52. The lowest BCUT2D eigenvalue weighted by Crippen LogP contribution is -2.15. The molecule has 1 aromatic carbocycles. The van der Waals surface area contributed by atoms with Gasteiger partial charge >= 0.3 is 0 Å². The van der Waals surface area contributed by atoms with Gasteiger partial charge in [-0.1, -0.05) is 23.2 Å². The Morgan fingerprint density at radius 1 is 1.29 bits per heavy atom. The zero-order valence-electron chi connectivity index (χ0n) is 9.43. The van der Waals surface area contributed by atoms with Crippen LogP contribution in [0.25, 0.3) is 0 Å². The van der Waals surface area contributed by atoms with E-state index in [1.54, 1.807) is 18.2 Å². The zero-order chi connectivity index (χ0) is 12.0. The van der Waals surface area contributed by atoms with Crippen LogP contribution in [0.15, 0.2) is 18.2 Å². The lowest BCUT2D eigenvalue weighted by Gasteiger charge is -2.06. The van der Waals surface area contributed by atoms with Crippen molar-refractivity contribution < 1.29 is 4.79 Å². The van der Waals surface area contributed by atoms with Gasteiger partial charge < -0.3 is 10.6 Å². The lowest BCUT2D eigenvalue weighted by atomic mass is 10.2. The number of benzene rings is 1. The van der Waals surface area contributed by atoms with E-state index in [4.69, 9.17) is 23.2 Å². The predicted octanol–water partition coefficient (Wildman–Crippen LogP) is 3.35. The molecule has 0 saturated carbocycles. The van der Waals surface area contributed by atoms with Gasteiger partial charge in [0.15, 0.2) is 0 Å². The van der Waals surface area contributed by atoms with Crippen molar-refractivity contribution in [3.05, 3.63) is 28.2 Å². The van der Waals surface area contributed by atoms with Crippen LogP contribution in [0.1, 0.15) is 12.8 Å². The molecule has 0 fully saturated rings. The average Bonchev–Trinajstić information content (AvgIpc) is 2.24. The van der Waals surface area contributed by atoms with Gasteiger partial charge in [-0.05, 0) is 38.2 Å². The summed E-state index contributed by atoms with van der Waals surface area (Å²) in [5.41, 5.74) is 0.670. The van der Waals surface area contributed by atoms with Gasteiger partial charge in [0.2, 0.25) is 5.91 Å². The summed E-state index contributed by atoms with van der Waals surface area (Å²) in [5, 5.41) is 6.66. The molecule has 0 atom stereocenters. The first-order valence-corrected chi connectivity index (χ1v) is 5.78. The van der Waals surface area contributed by atoms with Gasteiger partial charge in [0.05, 0.1) is 10.0 Å². The molecule has 0 radical (unpaired) electrons. The number of amides is 1. The van der Waals surface area contributed by atoms with E-state index in [9.17, 15) is 4.79 Å². The third kappa shape index (κ3) is 6.13. The highest BCUT2D eigenvalue weighted by molar-refractivity contribution is 6.42. The minimum atomic E-state index is -0.0198. The lowest BCUT2D eigenvalue weighted by molar-refractivity contribution is -0.116. The Morgan fingerprint density at radius 2 is 2.00 bits per heavy atom. The van der Waals surface area contributed by atoms with Gasteiger partial charge in [0.25, 0.3) is 0 Å². The second kappa shape index (κ2) is 8.59. The highest BCUT2D eigenvalue weighted by Crippen LogP contribution is 2.24. The first-order chi connectivity index (χ1) is 7.63. The van der Waals surface area contributed by atoms with E-state index in [1.165, 1.54) is 0 Å². The maximum absolute atomic E-state index is 11.5. The van der Waals surface area contributed by atoms with Crippen LogP contribution in [0.3, 0.4) is 0 Å². The molecule has 1 amide bonds. The van der Waals surface area contributed by atoms with Crippen LogP contribution in [0, 0.1) is 0 Å². The van der Waals surface area contributed by atoms with Crippen molar-refractivity contribution in [3.63, 3.8) is 0 Å². The zero-order valence-corrected chi connectivity index (χ0v) is 11.8. The fraction of sp³-hybridized carbons (Fsp3) is 0.364. The Bertz CT molecular complexity index is 372. The van der Waals surface area contributed by atoms with E-state index < -0.39 is 0 Å². The molecular formula is C11H15Cl3N2O. The molecule has 0 aliphatic rings. The first-order valence-electron chi connectivity index (χ1n) is 5.03. The van der Waals surface area contributed by atoms with E-state index in [1.807, 2.05) is 7.05 Å². The second-order valence-corrected chi connectivity index (χ2v) is 4.20. The Hall–Kier alpha value is -0.480. The highest BCUT2D eigenvalue weighted by Gasteiger charge is 2.03. The number of hydrogen-bond donors (Lipinski definition) is 2. The van der Waals surface area contributed by atoms with Crippen molar-refractivity contribution in [1.29, 1.82) is 0 Å². The smallest absolute Gasteiger partial charge is 0.224 e. The summed E-state index contributed by atoms with van der Waals surface area (Å²) in [7, 11) is 1.86. The standard InChI is InChI=1S/C11H14Cl2N2O.ClH/c1-14-6-2-3-11(16)15-8-4-5-9(12)10(13)7-8;/h4-5,7,14H,2-3,6H2,1H3,(H,15,16);1H. The minimum Gasteiger partial charge on any atom is -0.326 e. The first kappa shape index (κ1) is 16.5. The Morgan fingerprint density at radius 3 is 2.59 bits per heavy atom. The van der Waals surface area contributed by atoms with Crippen LogP contribution in [-0.4, -0.2) is 19.5 Å². The van der Waals surface area contributed by atoms with Crippen LogP contribution in [0.5, 0.6) is 0 Å². The molecule has 1 aromatic rings. The largest absolute Gasteiger partial charge is 0.326 e. The van der Waals surface area contributed by atoms with E-state index in [-0.39, 0.29) is 18.3 Å². The minimum absolute atomic E-state index is 0. The summed E-state index contributed by atoms with van der Waals surface area (Å²) in [5.74, 6) is -0.0198. The SMILES string of the molecule is CNCCCC(=O)Nc1ccc(Cl)c(Cl)c1.Cl. The monoisotopic (exact) mass is 296 g/mol. The maximum atomic E-state index is 11.5. The van der Waals surface area contributed by atoms with Gasteiger partial charge in [0.1, 0.15) is 0 Å². The molecule has 0 bridgehead atoms. The number of rotatable bonds is 5. The molecular weight excluding hydrogens is 282 g/mol. The van der Waals surface area contributed by atoms with E-state index >= 15 is 0 Å². The third-order valence-electron chi connectivity index (χ3n) is 2.03. The average molecular weight is 298 g/mol. The van der Waals surface area contributed by atoms with Gasteiger partial charge in [-0.25, -0.2) is 0 Å². The van der Waals surface area contributed by atoms with Crippen molar-refractivity contribution in [2.24, 2.45) is 0 Å². The van der Waals surface area contributed by atoms with E-state index in [0.29, 0.717) is 22.2 Å². The Balaban J connectivity index is 0.00000256. The summed E-state index contributed by atoms with van der Waals surface area (Å²) in [6, 6.07) is 5.02. The molecule has 0 saturated heterocycles. The second-order valence-electron chi connectivity index (χ2n) is 3.38. The van der Waals surface area contributed by atoms with Crippen LogP contribution in [0.4, 0.5) is 5.69 Å².